The Morgan fingerprint density at radius 2 is 1.86 bits per heavy atom. The third-order valence-corrected chi connectivity index (χ3v) is 8.07. The molecule has 0 aromatic carbocycles. The lowest BCUT2D eigenvalue weighted by atomic mass is 9.77. The molecule has 1 saturated heterocycles. The number of nitrogens with two attached hydrogens (primary N) is 1. The lowest BCUT2D eigenvalue weighted by molar-refractivity contribution is 0.0995. The number of rotatable bonds is 4. The Labute approximate surface area is 184 Å². The van der Waals surface area contributed by atoms with Gasteiger partial charge in [-0.25, -0.2) is 15.0 Å². The van der Waals surface area contributed by atoms with Crippen LogP contribution >= 0.6 is 35.0 Å². The molecular weight excluding hydrogens is 429 g/mol. The summed E-state index contributed by atoms with van der Waals surface area (Å²) in [5, 5.41) is 1.15. The number of aromatic nitrogens is 3. The summed E-state index contributed by atoms with van der Waals surface area (Å²) in [6, 6.07) is 1.75. The minimum absolute atomic E-state index is 0.205. The van der Waals surface area contributed by atoms with Crippen molar-refractivity contribution in [1.82, 2.24) is 15.0 Å². The Kier molecular flexibility index (Phi) is 5.91. The van der Waals surface area contributed by atoms with Crippen LogP contribution in [-0.2, 0) is 0 Å². The zero-order valence-corrected chi connectivity index (χ0v) is 18.6. The predicted molar refractivity (Wildman–Crippen MR) is 116 cm³/mol. The van der Waals surface area contributed by atoms with Gasteiger partial charge in [0.15, 0.2) is 11.5 Å². The van der Waals surface area contributed by atoms with Crippen LogP contribution in [0.5, 0.6) is 0 Å². The Morgan fingerprint density at radius 1 is 1.17 bits per heavy atom. The number of carbonyl (C=O) groups is 1. The minimum atomic E-state index is -0.575. The van der Waals surface area contributed by atoms with Crippen molar-refractivity contribution < 1.29 is 4.79 Å². The van der Waals surface area contributed by atoms with Crippen LogP contribution in [0.4, 0.5) is 5.82 Å². The van der Waals surface area contributed by atoms with E-state index in [4.69, 9.17) is 33.9 Å². The molecule has 2 fully saturated rings. The van der Waals surface area contributed by atoms with E-state index in [-0.39, 0.29) is 10.8 Å². The number of piperidine rings is 1. The maximum absolute atomic E-state index is 12.2. The van der Waals surface area contributed by atoms with Crippen LogP contribution in [0, 0.1) is 12.3 Å². The van der Waals surface area contributed by atoms with E-state index < -0.39 is 5.91 Å². The minimum Gasteiger partial charge on any atom is -0.364 e. The number of carbonyl (C=O) groups excluding carboxylic acids is 1. The van der Waals surface area contributed by atoms with Gasteiger partial charge < -0.3 is 10.6 Å². The van der Waals surface area contributed by atoms with E-state index in [1.807, 2.05) is 6.92 Å². The highest BCUT2D eigenvalue weighted by Gasteiger charge is 2.38. The van der Waals surface area contributed by atoms with E-state index in [0.29, 0.717) is 26.2 Å². The van der Waals surface area contributed by atoms with Gasteiger partial charge in [-0.2, -0.15) is 0 Å². The van der Waals surface area contributed by atoms with Crippen LogP contribution in [0.1, 0.15) is 54.7 Å². The lowest BCUT2D eigenvalue weighted by Gasteiger charge is -2.40. The van der Waals surface area contributed by atoms with Gasteiger partial charge in [0.05, 0.1) is 10.7 Å². The molecule has 1 aliphatic heterocycles. The normalized spacial score (nSPS) is 18.4. The average Bonchev–Trinajstić information content (AvgIpc) is 3.15. The number of amides is 1. The standard InChI is InChI=1S/C20H23Cl2N5OS/c1-12-19(29-13-4-9-24-16(22)14(13)21)26-15(17(23)28)18(25-12)27-10-7-20(8-11-27)5-2-3-6-20/h4,9H,2-3,5-8,10-11H2,1H3,(H2,23,28). The van der Waals surface area contributed by atoms with E-state index in [2.05, 4.69) is 14.9 Å². The second-order valence-corrected chi connectivity index (χ2v) is 9.63. The van der Waals surface area contributed by atoms with Gasteiger partial charge in [-0.15, -0.1) is 0 Å². The van der Waals surface area contributed by atoms with Crippen molar-refractivity contribution in [2.45, 2.75) is 55.4 Å². The predicted octanol–water partition coefficient (Wildman–Crippen LogP) is 4.90. The number of anilines is 1. The fraction of sp³-hybridized carbons (Fsp3) is 0.500. The first-order chi connectivity index (χ1) is 13.9. The molecule has 1 amide bonds. The molecule has 9 heteroatoms. The molecule has 0 bridgehead atoms. The molecule has 3 heterocycles. The van der Waals surface area contributed by atoms with Gasteiger partial charge in [-0.1, -0.05) is 47.8 Å². The first-order valence-corrected chi connectivity index (χ1v) is 11.4. The van der Waals surface area contributed by atoms with Gasteiger partial charge in [0.2, 0.25) is 0 Å². The van der Waals surface area contributed by atoms with Crippen molar-refractivity contribution in [2.24, 2.45) is 11.1 Å². The zero-order chi connectivity index (χ0) is 20.6. The first kappa shape index (κ1) is 20.7. The molecule has 2 aromatic heterocycles. The molecule has 2 aromatic rings. The van der Waals surface area contributed by atoms with E-state index >= 15 is 0 Å². The van der Waals surface area contributed by atoms with Crippen molar-refractivity contribution in [3.05, 3.63) is 33.8 Å². The van der Waals surface area contributed by atoms with Crippen molar-refractivity contribution >= 4 is 46.7 Å². The smallest absolute Gasteiger partial charge is 0.271 e. The SMILES string of the molecule is Cc1nc(N2CCC3(CCCC3)CC2)c(C(N)=O)nc1Sc1ccnc(Cl)c1Cl. The Morgan fingerprint density at radius 3 is 2.52 bits per heavy atom. The number of primary amides is 1. The van der Waals surface area contributed by atoms with E-state index in [0.717, 1.165) is 31.6 Å². The summed E-state index contributed by atoms with van der Waals surface area (Å²) in [5.41, 5.74) is 7.08. The number of aryl methyl sites for hydroxylation is 1. The maximum Gasteiger partial charge on any atom is 0.271 e. The molecule has 2 N–H and O–H groups in total. The molecule has 1 spiro atoms. The molecule has 2 aliphatic rings. The summed E-state index contributed by atoms with van der Waals surface area (Å²) in [6.45, 7) is 3.64. The second kappa shape index (κ2) is 8.28. The van der Waals surface area contributed by atoms with Gasteiger partial charge in [0, 0.05) is 24.2 Å². The summed E-state index contributed by atoms with van der Waals surface area (Å²) in [6.07, 6.45) is 9.15. The molecule has 6 nitrogen and oxygen atoms in total. The number of pyridine rings is 1. The molecule has 29 heavy (non-hydrogen) atoms. The quantitative estimate of drug-likeness (QED) is 0.665. The van der Waals surface area contributed by atoms with Crippen LogP contribution in [0.2, 0.25) is 10.2 Å². The van der Waals surface area contributed by atoms with Crippen LogP contribution in [0.15, 0.2) is 22.2 Å². The van der Waals surface area contributed by atoms with Crippen LogP contribution in [0.25, 0.3) is 0 Å². The fourth-order valence-corrected chi connectivity index (χ4v) is 5.67. The molecular formula is C20H23Cl2N5OS. The maximum atomic E-state index is 12.2. The molecule has 0 radical (unpaired) electrons. The molecule has 0 unspecified atom stereocenters. The molecule has 4 rings (SSSR count). The van der Waals surface area contributed by atoms with Gasteiger partial charge >= 0.3 is 0 Å². The first-order valence-electron chi connectivity index (χ1n) is 9.80. The zero-order valence-electron chi connectivity index (χ0n) is 16.3. The molecule has 154 valence electrons. The third-order valence-electron chi connectivity index (χ3n) is 6.05. The lowest BCUT2D eigenvalue weighted by Crippen LogP contribution is -2.40. The highest BCUT2D eigenvalue weighted by molar-refractivity contribution is 7.99. The summed E-state index contributed by atoms with van der Waals surface area (Å²) in [4.78, 5) is 28.3. The summed E-state index contributed by atoms with van der Waals surface area (Å²) < 4.78 is 0. The largest absolute Gasteiger partial charge is 0.364 e. The molecule has 1 saturated carbocycles. The van der Waals surface area contributed by atoms with Crippen molar-refractivity contribution in [3.63, 3.8) is 0 Å². The van der Waals surface area contributed by atoms with Crippen molar-refractivity contribution in [2.75, 3.05) is 18.0 Å². The van der Waals surface area contributed by atoms with Gasteiger partial charge in [0.1, 0.15) is 10.2 Å². The molecule has 1 aliphatic carbocycles. The summed E-state index contributed by atoms with van der Waals surface area (Å²) in [5.74, 6) is 0.0143. The second-order valence-electron chi connectivity index (χ2n) is 7.86. The van der Waals surface area contributed by atoms with E-state index in [9.17, 15) is 4.79 Å². The van der Waals surface area contributed by atoms with Crippen LogP contribution in [0.3, 0.4) is 0 Å². The van der Waals surface area contributed by atoms with Crippen molar-refractivity contribution in [1.29, 1.82) is 0 Å². The summed E-state index contributed by atoms with van der Waals surface area (Å²) >= 11 is 13.6. The monoisotopic (exact) mass is 451 g/mol. The van der Waals surface area contributed by atoms with Crippen molar-refractivity contribution in [3.8, 4) is 0 Å². The Bertz CT molecular complexity index is 939. The van der Waals surface area contributed by atoms with Gasteiger partial charge in [-0.05, 0) is 44.1 Å². The summed E-state index contributed by atoms with van der Waals surface area (Å²) in [7, 11) is 0. The number of nitrogens with zero attached hydrogens (tertiary/aromatic N) is 4. The Hall–Kier alpha value is -1.57. The van der Waals surface area contributed by atoms with Gasteiger partial charge in [-0.3, -0.25) is 4.79 Å². The Balaban J connectivity index is 1.61. The number of halogens is 2. The third kappa shape index (κ3) is 4.18. The van der Waals surface area contributed by atoms with Crippen LogP contribution in [-0.4, -0.2) is 33.9 Å². The fourth-order valence-electron chi connectivity index (χ4n) is 4.38. The highest BCUT2D eigenvalue weighted by atomic mass is 35.5. The van der Waals surface area contributed by atoms with Crippen LogP contribution < -0.4 is 10.6 Å². The van der Waals surface area contributed by atoms with E-state index in [1.165, 1.54) is 37.4 Å². The molecule has 0 atom stereocenters. The number of hydrogen-bond donors (Lipinski definition) is 1. The number of hydrogen-bond acceptors (Lipinski definition) is 6. The topological polar surface area (TPSA) is 85.0 Å². The highest BCUT2D eigenvalue weighted by Crippen LogP contribution is 2.47. The van der Waals surface area contributed by atoms with E-state index in [1.54, 1.807) is 12.3 Å². The van der Waals surface area contributed by atoms with Gasteiger partial charge in [0.25, 0.3) is 5.91 Å². The average molecular weight is 452 g/mol.